The topological polar surface area (TPSA) is 145 Å². The van der Waals surface area contributed by atoms with Crippen molar-refractivity contribution < 1.29 is 37.7 Å². The third-order valence-electron chi connectivity index (χ3n) is 3.52. The van der Waals surface area contributed by atoms with E-state index in [2.05, 4.69) is 4.72 Å². The molecule has 0 aliphatic heterocycles. The summed E-state index contributed by atoms with van der Waals surface area (Å²) in [4.78, 5) is 21.2. The molecule has 0 spiro atoms. The lowest BCUT2D eigenvalue weighted by Gasteiger charge is -2.16. The summed E-state index contributed by atoms with van der Waals surface area (Å²) >= 11 is 0. The highest BCUT2D eigenvalue weighted by Gasteiger charge is 2.24. The maximum absolute atomic E-state index is 12.9. The average Bonchev–Trinajstić information content (AvgIpc) is 2.65. The van der Waals surface area contributed by atoms with E-state index in [0.29, 0.717) is 0 Å². The van der Waals surface area contributed by atoms with Crippen molar-refractivity contribution in [2.45, 2.75) is 4.90 Å². The number of carboxylic acids is 2. The van der Waals surface area contributed by atoms with Gasteiger partial charge in [-0.15, -0.1) is 0 Å². The van der Waals surface area contributed by atoms with Gasteiger partial charge in [-0.3, -0.25) is 4.72 Å². The van der Waals surface area contributed by atoms with Crippen LogP contribution >= 0.6 is 0 Å². The van der Waals surface area contributed by atoms with Gasteiger partial charge in [0.15, 0.2) is 11.5 Å². The Hall–Kier alpha value is -3.53. The molecule has 0 radical (unpaired) electrons. The number of methoxy groups -OCH3 is 2. The van der Waals surface area contributed by atoms with Crippen LogP contribution in [-0.4, -0.2) is 34.6 Å². The van der Waals surface area contributed by atoms with Crippen LogP contribution < -0.4 is 24.4 Å². The van der Waals surface area contributed by atoms with Gasteiger partial charge in [-0.1, -0.05) is 18.2 Å². The Bertz CT molecular complexity index is 1040. The van der Waals surface area contributed by atoms with Crippen LogP contribution in [-0.2, 0) is 14.8 Å². The Morgan fingerprint density at radius 1 is 1.07 bits per heavy atom. The van der Waals surface area contributed by atoms with Crippen LogP contribution in [0.2, 0.25) is 0 Å². The standard InChI is InChI=1S/C18H17NO8S/c1-26-14-8-11(6-7-16(20)21)9-15(17(14)27-2)28(24,25)19-13-5-3-4-12(10-13)18(22)23/h3-10,19H,1-2H3,(H,20,21)(H,22,23)/p-2/b7-6+. The van der Waals surface area contributed by atoms with Crippen molar-refractivity contribution >= 4 is 33.7 Å². The third-order valence-corrected chi connectivity index (χ3v) is 4.91. The quantitative estimate of drug-likeness (QED) is 0.586. The van der Waals surface area contributed by atoms with Crippen LogP contribution in [0.1, 0.15) is 15.9 Å². The molecule has 0 unspecified atom stereocenters. The second-order valence-electron chi connectivity index (χ2n) is 5.38. The molecule has 0 fully saturated rings. The highest BCUT2D eigenvalue weighted by Crippen LogP contribution is 2.36. The lowest BCUT2D eigenvalue weighted by Crippen LogP contribution is -2.22. The first-order valence-electron chi connectivity index (χ1n) is 7.67. The number of carbonyl (C=O) groups excluding carboxylic acids is 2. The van der Waals surface area contributed by atoms with Crippen LogP contribution in [0.25, 0.3) is 6.08 Å². The summed E-state index contributed by atoms with van der Waals surface area (Å²) < 4.78 is 38.2. The van der Waals surface area contributed by atoms with Gasteiger partial charge in [0.25, 0.3) is 10.0 Å². The van der Waals surface area contributed by atoms with Crippen molar-refractivity contribution in [1.29, 1.82) is 0 Å². The number of aromatic carboxylic acids is 1. The van der Waals surface area contributed by atoms with Gasteiger partial charge in [0, 0.05) is 5.69 Å². The fourth-order valence-corrected chi connectivity index (χ4v) is 3.60. The van der Waals surface area contributed by atoms with Gasteiger partial charge >= 0.3 is 0 Å². The summed E-state index contributed by atoms with van der Waals surface area (Å²) in [5, 5.41) is 21.6. The largest absolute Gasteiger partial charge is 0.545 e. The van der Waals surface area contributed by atoms with Gasteiger partial charge in [-0.25, -0.2) is 8.42 Å². The fourth-order valence-electron chi connectivity index (χ4n) is 2.33. The van der Waals surface area contributed by atoms with Gasteiger partial charge in [0.2, 0.25) is 0 Å². The van der Waals surface area contributed by atoms with E-state index in [1.54, 1.807) is 0 Å². The zero-order chi connectivity index (χ0) is 20.9. The van der Waals surface area contributed by atoms with Gasteiger partial charge < -0.3 is 29.3 Å². The van der Waals surface area contributed by atoms with Crippen molar-refractivity contribution in [3.63, 3.8) is 0 Å². The van der Waals surface area contributed by atoms with Crippen LogP contribution in [0.5, 0.6) is 11.5 Å². The minimum Gasteiger partial charge on any atom is -0.545 e. The first kappa shape index (κ1) is 20.8. The number of nitrogens with one attached hydrogen (secondary N) is 1. The molecule has 0 aliphatic carbocycles. The molecule has 2 aromatic rings. The molecule has 28 heavy (non-hydrogen) atoms. The normalized spacial score (nSPS) is 11.2. The predicted octanol–water partition coefficient (Wildman–Crippen LogP) is -0.369. The summed E-state index contributed by atoms with van der Waals surface area (Å²) in [6.45, 7) is 0. The molecule has 0 saturated carbocycles. The van der Waals surface area contributed by atoms with Crippen LogP contribution in [0.4, 0.5) is 5.69 Å². The van der Waals surface area contributed by atoms with E-state index in [9.17, 15) is 28.2 Å². The molecule has 0 saturated heterocycles. The molecule has 2 rings (SSSR count). The number of hydrogen-bond donors (Lipinski definition) is 1. The Morgan fingerprint density at radius 3 is 2.36 bits per heavy atom. The Morgan fingerprint density at radius 2 is 1.79 bits per heavy atom. The average molecular weight is 405 g/mol. The number of benzene rings is 2. The number of ether oxygens (including phenoxy) is 2. The number of carbonyl (C=O) groups is 2. The number of rotatable bonds is 8. The van der Waals surface area contributed by atoms with Crippen LogP contribution in [0.3, 0.4) is 0 Å². The highest BCUT2D eigenvalue weighted by atomic mass is 32.2. The van der Waals surface area contributed by atoms with E-state index in [1.165, 1.54) is 44.6 Å². The fraction of sp³-hybridized carbons (Fsp3) is 0.111. The smallest absolute Gasteiger partial charge is 0.265 e. The van der Waals surface area contributed by atoms with E-state index < -0.39 is 22.0 Å². The molecule has 9 nitrogen and oxygen atoms in total. The Balaban J connectivity index is 2.56. The Kier molecular flexibility index (Phi) is 6.26. The van der Waals surface area contributed by atoms with Gasteiger partial charge in [0.1, 0.15) is 4.90 Å². The first-order valence-corrected chi connectivity index (χ1v) is 9.15. The summed E-state index contributed by atoms with van der Waals surface area (Å²) in [6.07, 6.45) is 1.86. The SMILES string of the molecule is COc1cc(/C=C/C(=O)[O-])cc(S(=O)(=O)Nc2cccc(C(=O)[O-])c2)c1OC. The third kappa shape index (κ3) is 4.80. The van der Waals surface area contributed by atoms with E-state index >= 15 is 0 Å². The van der Waals surface area contributed by atoms with E-state index in [0.717, 1.165) is 18.2 Å². The lowest BCUT2D eigenvalue weighted by molar-refractivity contribution is -0.297. The molecule has 0 atom stereocenters. The summed E-state index contributed by atoms with van der Waals surface area (Å²) in [7, 11) is -1.73. The monoisotopic (exact) mass is 405 g/mol. The van der Waals surface area contributed by atoms with Gasteiger partial charge in [0.05, 0.1) is 26.2 Å². The number of carboxylic acid groups (broad SMARTS) is 2. The molecule has 0 amide bonds. The zero-order valence-corrected chi connectivity index (χ0v) is 15.6. The lowest BCUT2D eigenvalue weighted by atomic mass is 10.2. The van der Waals surface area contributed by atoms with Crippen LogP contribution in [0.15, 0.2) is 47.4 Å². The van der Waals surface area contributed by atoms with E-state index in [-0.39, 0.29) is 33.2 Å². The molecule has 2 aromatic carbocycles. The molecule has 0 aliphatic rings. The molecule has 1 N–H and O–H groups in total. The first-order chi connectivity index (χ1) is 13.2. The van der Waals surface area contributed by atoms with Crippen molar-refractivity contribution in [1.82, 2.24) is 0 Å². The van der Waals surface area contributed by atoms with Crippen LogP contribution in [0, 0.1) is 0 Å². The second kappa shape index (κ2) is 8.44. The maximum Gasteiger partial charge on any atom is 0.265 e. The molecule has 0 heterocycles. The maximum atomic E-state index is 12.9. The molecule has 148 valence electrons. The van der Waals surface area contributed by atoms with Crippen molar-refractivity contribution in [2.75, 3.05) is 18.9 Å². The van der Waals surface area contributed by atoms with Crippen molar-refractivity contribution in [3.05, 3.63) is 53.6 Å². The number of sulfonamides is 1. The Labute approximate surface area is 160 Å². The molecular weight excluding hydrogens is 390 g/mol. The number of aliphatic carboxylic acids is 1. The van der Waals surface area contributed by atoms with E-state index in [1.807, 2.05) is 0 Å². The van der Waals surface area contributed by atoms with Gasteiger partial charge in [-0.05, 0) is 41.5 Å². The molecule has 10 heteroatoms. The number of hydrogen-bond acceptors (Lipinski definition) is 8. The minimum absolute atomic E-state index is 0.0154. The predicted molar refractivity (Wildman–Crippen MR) is 95.2 cm³/mol. The number of anilines is 1. The van der Waals surface area contributed by atoms with Crippen molar-refractivity contribution in [3.8, 4) is 11.5 Å². The summed E-state index contributed by atoms with van der Waals surface area (Å²) in [5.41, 5.74) is -0.0282. The molecular formula is C18H15NO8S-2. The second-order valence-corrected chi connectivity index (χ2v) is 7.03. The minimum atomic E-state index is -4.26. The summed E-state index contributed by atoms with van der Waals surface area (Å²) in [6, 6.07) is 7.60. The summed E-state index contributed by atoms with van der Waals surface area (Å²) in [5.74, 6) is -2.99. The highest BCUT2D eigenvalue weighted by molar-refractivity contribution is 7.92. The molecule has 0 bridgehead atoms. The zero-order valence-electron chi connectivity index (χ0n) is 14.8. The van der Waals surface area contributed by atoms with Gasteiger partial charge in [-0.2, -0.15) is 0 Å². The molecule has 0 aromatic heterocycles. The van der Waals surface area contributed by atoms with E-state index in [4.69, 9.17) is 9.47 Å². The van der Waals surface area contributed by atoms with Crippen molar-refractivity contribution in [2.24, 2.45) is 0 Å².